The fraction of sp³-hybridized carbons (Fsp3) is 0.650. The van der Waals surface area contributed by atoms with Gasteiger partial charge in [0.2, 0.25) is 5.91 Å². The molecule has 5 heteroatoms. The molecule has 0 spiro atoms. The van der Waals surface area contributed by atoms with E-state index < -0.39 is 0 Å². The summed E-state index contributed by atoms with van der Waals surface area (Å²) in [4.78, 5) is 16.7. The number of carbonyl (C=O) groups is 1. The van der Waals surface area contributed by atoms with E-state index >= 15 is 0 Å². The zero-order valence-corrected chi connectivity index (χ0v) is 15.1. The fourth-order valence-corrected chi connectivity index (χ4v) is 4.07. The lowest BCUT2D eigenvalue weighted by Crippen LogP contribution is -2.41. The van der Waals surface area contributed by atoms with Gasteiger partial charge in [-0.25, -0.2) is 0 Å². The van der Waals surface area contributed by atoms with E-state index in [1.807, 2.05) is 18.2 Å². The van der Waals surface area contributed by atoms with Gasteiger partial charge in [-0.1, -0.05) is 43.2 Å². The van der Waals surface area contributed by atoms with E-state index in [9.17, 15) is 9.90 Å². The summed E-state index contributed by atoms with van der Waals surface area (Å²) in [5, 5.41) is 13.3. The molecule has 2 aliphatic rings. The van der Waals surface area contributed by atoms with Gasteiger partial charge in [-0.15, -0.1) is 0 Å². The number of β-amino-alcohol motifs (C(OH)–C–C–N with tert-alkyl or cyclic N) is 1. The van der Waals surface area contributed by atoms with Crippen LogP contribution in [0.15, 0.2) is 30.3 Å². The third-order valence-corrected chi connectivity index (χ3v) is 5.40. The normalized spacial score (nSPS) is 23.5. The molecule has 1 aliphatic heterocycles. The third-order valence-electron chi connectivity index (χ3n) is 5.40. The predicted molar refractivity (Wildman–Crippen MR) is 99.4 cm³/mol. The summed E-state index contributed by atoms with van der Waals surface area (Å²) in [7, 11) is 0. The van der Waals surface area contributed by atoms with Gasteiger partial charge in [0.05, 0.1) is 12.6 Å². The zero-order chi connectivity index (χ0) is 17.5. The fourth-order valence-electron chi connectivity index (χ4n) is 4.07. The lowest BCUT2D eigenvalue weighted by molar-refractivity contribution is -0.122. The summed E-state index contributed by atoms with van der Waals surface area (Å²) in [6.45, 7) is 4.20. The topological polar surface area (TPSA) is 55.8 Å². The standard InChI is InChI=1S/C20H31N3O2/c24-19-14-22(12-13-23(15-19)18-8-4-5-9-18)16-20(25)21-11-10-17-6-2-1-3-7-17/h1-3,6-7,18-19,24H,4-5,8-16H2,(H,21,25)/t19-/m0/s1. The molecule has 138 valence electrons. The number of aliphatic hydroxyl groups is 1. The second kappa shape index (κ2) is 9.32. The summed E-state index contributed by atoms with van der Waals surface area (Å²) in [6.07, 6.45) is 5.62. The first-order valence-corrected chi connectivity index (χ1v) is 9.66. The van der Waals surface area contributed by atoms with Crippen LogP contribution in [-0.2, 0) is 11.2 Å². The largest absolute Gasteiger partial charge is 0.390 e. The van der Waals surface area contributed by atoms with Gasteiger partial charge in [0.15, 0.2) is 0 Å². The maximum absolute atomic E-state index is 12.2. The SMILES string of the molecule is O=C(CN1CCN(C2CCCC2)C[C@@H](O)C1)NCCc1ccccc1. The lowest BCUT2D eigenvalue weighted by Gasteiger charge is -2.28. The van der Waals surface area contributed by atoms with Gasteiger partial charge < -0.3 is 10.4 Å². The maximum atomic E-state index is 12.2. The van der Waals surface area contributed by atoms with Gasteiger partial charge in [0, 0.05) is 38.8 Å². The van der Waals surface area contributed by atoms with Crippen molar-refractivity contribution in [3.63, 3.8) is 0 Å². The molecule has 25 heavy (non-hydrogen) atoms. The highest BCUT2D eigenvalue weighted by molar-refractivity contribution is 5.78. The number of rotatable bonds is 6. The van der Waals surface area contributed by atoms with Crippen LogP contribution in [0.25, 0.3) is 0 Å². The summed E-state index contributed by atoms with van der Waals surface area (Å²) >= 11 is 0. The Kier molecular flexibility index (Phi) is 6.84. The van der Waals surface area contributed by atoms with Crippen LogP contribution < -0.4 is 5.32 Å². The molecule has 1 saturated heterocycles. The van der Waals surface area contributed by atoms with Crippen LogP contribution in [-0.4, -0.2) is 72.2 Å². The highest BCUT2D eigenvalue weighted by Crippen LogP contribution is 2.24. The molecule has 1 aromatic rings. The van der Waals surface area contributed by atoms with Gasteiger partial charge in [0.25, 0.3) is 0 Å². The Morgan fingerprint density at radius 2 is 1.88 bits per heavy atom. The minimum absolute atomic E-state index is 0.0532. The summed E-state index contributed by atoms with van der Waals surface area (Å²) < 4.78 is 0. The van der Waals surface area contributed by atoms with Crippen molar-refractivity contribution in [1.29, 1.82) is 0 Å². The summed E-state index contributed by atoms with van der Waals surface area (Å²) in [6, 6.07) is 10.8. The molecule has 1 heterocycles. The Morgan fingerprint density at radius 1 is 1.12 bits per heavy atom. The van der Waals surface area contributed by atoms with Crippen molar-refractivity contribution in [3.05, 3.63) is 35.9 Å². The lowest BCUT2D eigenvalue weighted by atomic mass is 10.1. The number of hydrogen-bond donors (Lipinski definition) is 2. The Bertz CT molecular complexity index is 531. The summed E-state index contributed by atoms with van der Waals surface area (Å²) in [5.41, 5.74) is 1.24. The van der Waals surface area contributed by atoms with Crippen molar-refractivity contribution in [1.82, 2.24) is 15.1 Å². The van der Waals surface area contributed by atoms with Crippen molar-refractivity contribution >= 4 is 5.91 Å². The minimum atomic E-state index is -0.361. The highest BCUT2D eigenvalue weighted by atomic mass is 16.3. The van der Waals surface area contributed by atoms with Gasteiger partial charge in [-0.05, 0) is 24.8 Å². The average molecular weight is 345 g/mol. The molecule has 0 radical (unpaired) electrons. The quantitative estimate of drug-likeness (QED) is 0.815. The predicted octanol–water partition coefficient (Wildman–Crippen LogP) is 1.27. The van der Waals surface area contributed by atoms with Crippen molar-refractivity contribution in [3.8, 4) is 0 Å². The Hall–Kier alpha value is -1.43. The first kappa shape index (κ1) is 18.4. The average Bonchev–Trinajstić information content (AvgIpc) is 3.07. The monoisotopic (exact) mass is 345 g/mol. The molecule has 0 bridgehead atoms. The number of carbonyl (C=O) groups excluding carboxylic acids is 1. The molecule has 2 N–H and O–H groups in total. The molecular formula is C20H31N3O2. The van der Waals surface area contributed by atoms with Crippen molar-refractivity contribution in [2.45, 2.75) is 44.2 Å². The smallest absolute Gasteiger partial charge is 0.234 e. The van der Waals surface area contributed by atoms with Crippen LogP contribution in [0.3, 0.4) is 0 Å². The molecule has 2 fully saturated rings. The molecule has 1 saturated carbocycles. The molecule has 0 unspecified atom stereocenters. The van der Waals surface area contributed by atoms with Gasteiger partial charge in [0.1, 0.15) is 0 Å². The molecule has 1 aliphatic carbocycles. The van der Waals surface area contributed by atoms with E-state index in [1.165, 1.54) is 31.2 Å². The molecule has 1 aromatic carbocycles. The van der Waals surface area contributed by atoms with Gasteiger partial charge >= 0.3 is 0 Å². The maximum Gasteiger partial charge on any atom is 0.234 e. The minimum Gasteiger partial charge on any atom is -0.390 e. The van der Waals surface area contributed by atoms with Gasteiger partial charge in [-0.3, -0.25) is 14.6 Å². The number of nitrogens with one attached hydrogen (secondary N) is 1. The number of benzene rings is 1. The molecule has 0 aromatic heterocycles. The Labute approximate surface area is 151 Å². The van der Waals surface area contributed by atoms with E-state index in [4.69, 9.17) is 0 Å². The van der Waals surface area contributed by atoms with E-state index in [0.29, 0.717) is 25.7 Å². The summed E-state index contributed by atoms with van der Waals surface area (Å²) in [5.74, 6) is 0.0532. The van der Waals surface area contributed by atoms with E-state index in [-0.39, 0.29) is 12.0 Å². The van der Waals surface area contributed by atoms with Crippen molar-refractivity contribution in [2.24, 2.45) is 0 Å². The first-order chi connectivity index (χ1) is 12.2. The number of hydrogen-bond acceptors (Lipinski definition) is 4. The van der Waals surface area contributed by atoms with Crippen LogP contribution in [0.1, 0.15) is 31.2 Å². The molecule has 1 amide bonds. The van der Waals surface area contributed by atoms with Crippen LogP contribution in [0.4, 0.5) is 0 Å². The number of amides is 1. The Balaban J connectivity index is 1.40. The molecule has 3 rings (SSSR count). The van der Waals surface area contributed by atoms with Crippen LogP contribution in [0.2, 0.25) is 0 Å². The second-order valence-electron chi connectivity index (χ2n) is 7.41. The van der Waals surface area contributed by atoms with Crippen LogP contribution in [0.5, 0.6) is 0 Å². The number of nitrogens with zero attached hydrogens (tertiary/aromatic N) is 2. The van der Waals surface area contributed by atoms with Crippen molar-refractivity contribution in [2.75, 3.05) is 39.3 Å². The van der Waals surface area contributed by atoms with E-state index in [1.54, 1.807) is 0 Å². The molecular weight excluding hydrogens is 314 g/mol. The second-order valence-corrected chi connectivity index (χ2v) is 7.41. The van der Waals surface area contributed by atoms with E-state index in [2.05, 4.69) is 27.2 Å². The van der Waals surface area contributed by atoms with Crippen LogP contribution >= 0.6 is 0 Å². The van der Waals surface area contributed by atoms with Crippen molar-refractivity contribution < 1.29 is 9.90 Å². The van der Waals surface area contributed by atoms with Crippen LogP contribution in [0, 0.1) is 0 Å². The Morgan fingerprint density at radius 3 is 2.64 bits per heavy atom. The molecule has 1 atom stereocenters. The first-order valence-electron chi connectivity index (χ1n) is 9.66. The number of aliphatic hydroxyl groups excluding tert-OH is 1. The van der Waals surface area contributed by atoms with Gasteiger partial charge in [-0.2, -0.15) is 0 Å². The molecule has 5 nitrogen and oxygen atoms in total. The van der Waals surface area contributed by atoms with E-state index in [0.717, 1.165) is 26.1 Å². The highest BCUT2D eigenvalue weighted by Gasteiger charge is 2.28. The third kappa shape index (κ3) is 5.80. The zero-order valence-electron chi connectivity index (χ0n) is 15.1.